The summed E-state index contributed by atoms with van der Waals surface area (Å²) in [7, 11) is 2.09. The fourth-order valence-electron chi connectivity index (χ4n) is 2.31. The number of likely N-dealkylation sites (N-methyl/N-ethyl adjacent to an activating group) is 1. The van der Waals surface area contributed by atoms with E-state index in [0.717, 1.165) is 24.3 Å². The molecule has 1 aliphatic rings. The molecule has 2 rings (SSSR count). The molecule has 4 nitrogen and oxygen atoms in total. The zero-order chi connectivity index (χ0) is 11.5. The number of aromatic nitrogens is 1. The first-order chi connectivity index (χ1) is 7.74. The second-order valence-electron chi connectivity index (χ2n) is 4.25. The molecule has 0 bridgehead atoms. The van der Waals surface area contributed by atoms with Crippen LogP contribution in [0.25, 0.3) is 0 Å². The molecular weight excluding hydrogens is 202 g/mol. The van der Waals surface area contributed by atoms with Crippen molar-refractivity contribution < 1.29 is 4.74 Å². The van der Waals surface area contributed by atoms with Crippen molar-refractivity contribution >= 4 is 5.69 Å². The number of nitrogens with two attached hydrogens (primary N) is 1. The summed E-state index contributed by atoms with van der Waals surface area (Å²) in [5.74, 6) is 0. The molecule has 0 aromatic carbocycles. The van der Waals surface area contributed by atoms with Crippen LogP contribution >= 0.6 is 0 Å². The van der Waals surface area contributed by atoms with E-state index >= 15 is 0 Å². The van der Waals surface area contributed by atoms with Crippen LogP contribution in [0.15, 0.2) is 18.5 Å². The van der Waals surface area contributed by atoms with Crippen LogP contribution in [-0.2, 0) is 11.3 Å². The van der Waals surface area contributed by atoms with Crippen molar-refractivity contribution in [3.05, 3.63) is 24.0 Å². The van der Waals surface area contributed by atoms with Crippen LogP contribution in [0.1, 0.15) is 18.9 Å². The van der Waals surface area contributed by atoms with E-state index in [4.69, 9.17) is 10.5 Å². The third-order valence-electron chi connectivity index (χ3n) is 3.32. The molecule has 88 valence electrons. The minimum Gasteiger partial charge on any atom is -0.376 e. The molecule has 1 fully saturated rings. The maximum absolute atomic E-state index is 5.74. The lowest BCUT2D eigenvalue weighted by atomic mass is 10.1. The predicted molar refractivity (Wildman–Crippen MR) is 64.4 cm³/mol. The molecule has 1 saturated heterocycles. The maximum Gasteiger partial charge on any atom is 0.0750 e. The van der Waals surface area contributed by atoms with Gasteiger partial charge in [0.05, 0.1) is 24.0 Å². The molecule has 2 atom stereocenters. The van der Waals surface area contributed by atoms with Gasteiger partial charge >= 0.3 is 0 Å². The van der Waals surface area contributed by atoms with Gasteiger partial charge in [-0.1, -0.05) is 0 Å². The highest BCUT2D eigenvalue weighted by Gasteiger charge is 2.28. The highest BCUT2D eigenvalue weighted by Crippen LogP contribution is 2.26. The summed E-state index contributed by atoms with van der Waals surface area (Å²) in [6, 6.07) is 2.40. The second kappa shape index (κ2) is 4.80. The first-order valence-corrected chi connectivity index (χ1v) is 5.71. The van der Waals surface area contributed by atoms with Gasteiger partial charge in [0.1, 0.15) is 0 Å². The monoisotopic (exact) mass is 221 g/mol. The first kappa shape index (κ1) is 11.4. The Morgan fingerprint density at radius 2 is 2.44 bits per heavy atom. The Hall–Kier alpha value is -1.13. The van der Waals surface area contributed by atoms with Gasteiger partial charge in [0.2, 0.25) is 0 Å². The zero-order valence-electron chi connectivity index (χ0n) is 9.89. The van der Waals surface area contributed by atoms with Gasteiger partial charge in [-0.15, -0.1) is 0 Å². The Labute approximate surface area is 96.4 Å². The molecule has 2 heterocycles. The molecule has 2 unspecified atom stereocenters. The minimum absolute atomic E-state index is 0.274. The lowest BCUT2D eigenvalue weighted by Crippen LogP contribution is -2.37. The van der Waals surface area contributed by atoms with Crippen molar-refractivity contribution in [3.63, 3.8) is 0 Å². The van der Waals surface area contributed by atoms with Crippen LogP contribution in [-0.4, -0.2) is 30.8 Å². The quantitative estimate of drug-likeness (QED) is 0.832. The van der Waals surface area contributed by atoms with Crippen LogP contribution in [0.5, 0.6) is 0 Å². The Morgan fingerprint density at radius 1 is 1.62 bits per heavy atom. The summed E-state index contributed by atoms with van der Waals surface area (Å²) in [4.78, 5) is 6.42. The SMILES string of the molecule is CC1OCCC1N(C)c1cnccc1CN. The van der Waals surface area contributed by atoms with Crippen LogP contribution in [0.3, 0.4) is 0 Å². The number of rotatable bonds is 3. The van der Waals surface area contributed by atoms with Crippen molar-refractivity contribution in [1.29, 1.82) is 0 Å². The van der Waals surface area contributed by atoms with Crippen LogP contribution < -0.4 is 10.6 Å². The van der Waals surface area contributed by atoms with E-state index in [1.165, 1.54) is 0 Å². The fourth-order valence-corrected chi connectivity index (χ4v) is 2.31. The summed E-state index contributed by atoms with van der Waals surface area (Å²) in [6.07, 6.45) is 5.01. The molecule has 0 aliphatic carbocycles. The molecule has 16 heavy (non-hydrogen) atoms. The predicted octanol–water partition coefficient (Wildman–Crippen LogP) is 1.15. The van der Waals surface area contributed by atoms with E-state index in [-0.39, 0.29) is 6.10 Å². The van der Waals surface area contributed by atoms with Crippen molar-refractivity contribution in [2.24, 2.45) is 5.73 Å². The third kappa shape index (κ3) is 2.03. The number of pyridine rings is 1. The standard InChI is InChI=1S/C12H19N3O/c1-9-11(4-6-16-9)15(2)12-8-14-5-3-10(12)7-13/h3,5,8-9,11H,4,6-7,13H2,1-2H3. The van der Waals surface area contributed by atoms with Crippen molar-refractivity contribution in [2.45, 2.75) is 32.0 Å². The minimum atomic E-state index is 0.274. The summed E-state index contributed by atoms with van der Waals surface area (Å²) >= 11 is 0. The molecule has 1 aliphatic heterocycles. The lowest BCUT2D eigenvalue weighted by molar-refractivity contribution is 0.118. The molecule has 4 heteroatoms. The molecule has 1 aromatic rings. The van der Waals surface area contributed by atoms with Crippen LogP contribution in [0, 0.1) is 0 Å². The fraction of sp³-hybridized carbons (Fsp3) is 0.583. The van der Waals surface area contributed by atoms with E-state index in [1.807, 2.05) is 12.3 Å². The molecular formula is C12H19N3O. The average Bonchev–Trinajstić information content (AvgIpc) is 2.74. The Balaban J connectivity index is 2.22. The van der Waals surface area contributed by atoms with E-state index in [1.54, 1.807) is 6.20 Å². The van der Waals surface area contributed by atoms with Gasteiger partial charge in [-0.25, -0.2) is 0 Å². The average molecular weight is 221 g/mol. The van der Waals surface area contributed by atoms with Gasteiger partial charge in [-0.2, -0.15) is 0 Å². The number of hydrogen-bond donors (Lipinski definition) is 1. The topological polar surface area (TPSA) is 51.4 Å². The Bertz CT molecular complexity index is 356. The van der Waals surface area contributed by atoms with E-state index in [9.17, 15) is 0 Å². The zero-order valence-corrected chi connectivity index (χ0v) is 9.89. The number of anilines is 1. The molecule has 0 radical (unpaired) electrons. The Kier molecular flexibility index (Phi) is 3.41. The van der Waals surface area contributed by atoms with Crippen molar-refractivity contribution in [1.82, 2.24) is 4.98 Å². The Morgan fingerprint density at radius 3 is 3.06 bits per heavy atom. The van der Waals surface area contributed by atoms with E-state index < -0.39 is 0 Å². The smallest absolute Gasteiger partial charge is 0.0750 e. The summed E-state index contributed by atoms with van der Waals surface area (Å²) < 4.78 is 5.59. The molecule has 0 spiro atoms. The maximum atomic E-state index is 5.74. The van der Waals surface area contributed by atoms with E-state index in [2.05, 4.69) is 23.9 Å². The molecule has 0 saturated carbocycles. The second-order valence-corrected chi connectivity index (χ2v) is 4.25. The van der Waals surface area contributed by atoms with Crippen molar-refractivity contribution in [3.8, 4) is 0 Å². The highest BCUT2D eigenvalue weighted by atomic mass is 16.5. The number of hydrogen-bond acceptors (Lipinski definition) is 4. The lowest BCUT2D eigenvalue weighted by Gasteiger charge is -2.30. The number of ether oxygens (including phenoxy) is 1. The van der Waals surface area contributed by atoms with Crippen LogP contribution in [0.4, 0.5) is 5.69 Å². The van der Waals surface area contributed by atoms with Gasteiger partial charge in [-0.05, 0) is 25.0 Å². The van der Waals surface area contributed by atoms with Gasteiger partial charge < -0.3 is 15.4 Å². The van der Waals surface area contributed by atoms with Gasteiger partial charge in [-0.3, -0.25) is 4.98 Å². The summed E-state index contributed by atoms with van der Waals surface area (Å²) in [5, 5.41) is 0. The normalized spacial score (nSPS) is 24.7. The highest BCUT2D eigenvalue weighted by molar-refractivity contribution is 5.52. The van der Waals surface area contributed by atoms with Gasteiger partial charge in [0.25, 0.3) is 0 Å². The largest absolute Gasteiger partial charge is 0.376 e. The van der Waals surface area contributed by atoms with Gasteiger partial charge in [0, 0.05) is 26.4 Å². The molecule has 2 N–H and O–H groups in total. The summed E-state index contributed by atoms with van der Waals surface area (Å²) in [6.45, 7) is 3.51. The molecule has 0 amide bonds. The van der Waals surface area contributed by atoms with Crippen LogP contribution in [0.2, 0.25) is 0 Å². The number of nitrogens with zero attached hydrogens (tertiary/aromatic N) is 2. The third-order valence-corrected chi connectivity index (χ3v) is 3.32. The van der Waals surface area contributed by atoms with Crippen molar-refractivity contribution in [2.75, 3.05) is 18.6 Å². The summed E-state index contributed by atoms with van der Waals surface area (Å²) in [5.41, 5.74) is 7.99. The van der Waals surface area contributed by atoms with E-state index in [0.29, 0.717) is 12.6 Å². The molecule has 1 aromatic heterocycles. The van der Waals surface area contributed by atoms with Gasteiger partial charge in [0.15, 0.2) is 0 Å². The first-order valence-electron chi connectivity index (χ1n) is 5.71.